The smallest absolute Gasteiger partial charge is 0.338 e. The molecule has 0 unspecified atom stereocenters. The summed E-state index contributed by atoms with van der Waals surface area (Å²) in [5.74, 6) is 0.407. The highest BCUT2D eigenvalue weighted by Crippen LogP contribution is 2.18. The number of rotatable bonds is 6. The number of benzene rings is 2. The molecule has 1 heterocycles. The fraction of sp³-hybridized carbons (Fsp3) is 0.105. The Morgan fingerprint density at radius 2 is 1.96 bits per heavy atom. The minimum Gasteiger partial charge on any atom is -0.462 e. The maximum absolute atomic E-state index is 11.7. The standard InChI is InChI=1S/C19H16N6O2/c1-2-27-18(26)14-6-8-15(9-7-14)22-17-12-21-25-19(24-17)23-16-5-3-4-13(10-16)11-20/h3-10,12H,2H2,1H3,(H2,22,23,24,25). The molecular formula is C19H16N6O2. The predicted molar refractivity (Wildman–Crippen MR) is 99.9 cm³/mol. The molecule has 0 bridgehead atoms. The molecule has 0 saturated heterocycles. The second-order valence-electron chi connectivity index (χ2n) is 5.41. The number of carbonyl (C=O) groups is 1. The number of anilines is 4. The lowest BCUT2D eigenvalue weighted by Crippen LogP contribution is -2.05. The van der Waals surface area contributed by atoms with E-state index in [1.807, 2.05) is 0 Å². The Kier molecular flexibility index (Phi) is 5.54. The van der Waals surface area contributed by atoms with E-state index in [0.717, 1.165) is 5.69 Å². The fourth-order valence-electron chi connectivity index (χ4n) is 2.26. The number of ether oxygens (including phenoxy) is 1. The summed E-state index contributed by atoms with van der Waals surface area (Å²) in [6, 6.07) is 15.9. The molecule has 0 fully saturated rings. The van der Waals surface area contributed by atoms with Gasteiger partial charge < -0.3 is 15.4 Å². The van der Waals surface area contributed by atoms with Crippen molar-refractivity contribution in [1.82, 2.24) is 15.2 Å². The van der Waals surface area contributed by atoms with E-state index in [1.165, 1.54) is 6.20 Å². The fourth-order valence-corrected chi connectivity index (χ4v) is 2.26. The van der Waals surface area contributed by atoms with E-state index in [9.17, 15) is 4.79 Å². The molecule has 3 aromatic rings. The van der Waals surface area contributed by atoms with E-state index in [1.54, 1.807) is 55.5 Å². The number of hydrogen-bond donors (Lipinski definition) is 2. The second-order valence-corrected chi connectivity index (χ2v) is 5.41. The van der Waals surface area contributed by atoms with Crippen molar-refractivity contribution in [3.8, 4) is 6.07 Å². The molecule has 0 atom stereocenters. The summed E-state index contributed by atoms with van der Waals surface area (Å²) in [6.45, 7) is 2.09. The van der Waals surface area contributed by atoms with Crippen LogP contribution >= 0.6 is 0 Å². The lowest BCUT2D eigenvalue weighted by atomic mass is 10.2. The van der Waals surface area contributed by atoms with E-state index in [2.05, 4.69) is 31.9 Å². The van der Waals surface area contributed by atoms with Gasteiger partial charge in [0, 0.05) is 11.4 Å². The van der Waals surface area contributed by atoms with Crippen LogP contribution in [0.4, 0.5) is 23.1 Å². The van der Waals surface area contributed by atoms with Crippen LogP contribution in [0.2, 0.25) is 0 Å². The van der Waals surface area contributed by atoms with Crippen molar-refractivity contribution in [3.63, 3.8) is 0 Å². The number of carbonyl (C=O) groups excluding carboxylic acids is 1. The van der Waals surface area contributed by atoms with E-state index in [4.69, 9.17) is 10.00 Å². The van der Waals surface area contributed by atoms with E-state index >= 15 is 0 Å². The average Bonchev–Trinajstić information content (AvgIpc) is 2.69. The number of aromatic nitrogens is 3. The number of esters is 1. The molecule has 2 N–H and O–H groups in total. The maximum Gasteiger partial charge on any atom is 0.338 e. The minimum atomic E-state index is -0.362. The van der Waals surface area contributed by atoms with Crippen LogP contribution in [0.25, 0.3) is 0 Å². The zero-order valence-corrected chi connectivity index (χ0v) is 14.5. The van der Waals surface area contributed by atoms with E-state index in [0.29, 0.717) is 35.2 Å². The molecule has 8 nitrogen and oxygen atoms in total. The van der Waals surface area contributed by atoms with Gasteiger partial charge in [0.1, 0.15) is 0 Å². The maximum atomic E-state index is 11.7. The molecule has 0 saturated carbocycles. The average molecular weight is 360 g/mol. The monoisotopic (exact) mass is 360 g/mol. The summed E-state index contributed by atoms with van der Waals surface area (Å²) >= 11 is 0. The van der Waals surface area contributed by atoms with Crippen LogP contribution in [0.5, 0.6) is 0 Å². The number of nitrogens with one attached hydrogen (secondary N) is 2. The summed E-state index contributed by atoms with van der Waals surface area (Å²) in [7, 11) is 0. The summed E-state index contributed by atoms with van der Waals surface area (Å²) in [5.41, 5.74) is 2.43. The quantitative estimate of drug-likeness (QED) is 0.643. The Hall–Kier alpha value is -3.99. The third kappa shape index (κ3) is 4.76. The molecule has 134 valence electrons. The Morgan fingerprint density at radius 3 is 2.70 bits per heavy atom. The summed E-state index contributed by atoms with van der Waals surface area (Å²) in [5, 5.41) is 22.9. The van der Waals surface area contributed by atoms with Crippen molar-refractivity contribution in [2.45, 2.75) is 6.92 Å². The van der Waals surface area contributed by atoms with Crippen molar-refractivity contribution >= 4 is 29.1 Å². The van der Waals surface area contributed by atoms with Gasteiger partial charge in [-0.3, -0.25) is 0 Å². The van der Waals surface area contributed by atoms with Gasteiger partial charge in [-0.2, -0.15) is 15.3 Å². The summed E-state index contributed by atoms with van der Waals surface area (Å²) < 4.78 is 4.96. The molecular weight excluding hydrogens is 344 g/mol. The first kappa shape index (κ1) is 17.8. The first-order valence-electron chi connectivity index (χ1n) is 8.19. The molecule has 0 spiro atoms. The zero-order chi connectivity index (χ0) is 19.1. The van der Waals surface area contributed by atoms with Gasteiger partial charge in [0.15, 0.2) is 5.82 Å². The first-order chi connectivity index (χ1) is 13.2. The summed E-state index contributed by atoms with van der Waals surface area (Å²) in [4.78, 5) is 16.0. The molecule has 2 aromatic carbocycles. The van der Waals surface area contributed by atoms with Gasteiger partial charge in [-0.05, 0) is 49.4 Å². The highest BCUT2D eigenvalue weighted by Gasteiger charge is 2.07. The van der Waals surface area contributed by atoms with Gasteiger partial charge in [-0.1, -0.05) is 6.07 Å². The molecule has 27 heavy (non-hydrogen) atoms. The van der Waals surface area contributed by atoms with Gasteiger partial charge in [-0.15, -0.1) is 5.10 Å². The van der Waals surface area contributed by atoms with Crippen molar-refractivity contribution in [2.75, 3.05) is 17.2 Å². The SMILES string of the molecule is CCOC(=O)c1ccc(Nc2cnnc(Nc3cccc(C#N)c3)n2)cc1. The normalized spacial score (nSPS) is 9.93. The molecule has 0 radical (unpaired) electrons. The van der Waals surface area contributed by atoms with Gasteiger partial charge in [0.05, 0.1) is 30.0 Å². The molecule has 0 aliphatic heterocycles. The Bertz CT molecular complexity index is 982. The second kappa shape index (κ2) is 8.40. The Balaban J connectivity index is 1.70. The van der Waals surface area contributed by atoms with Crippen molar-refractivity contribution < 1.29 is 9.53 Å². The first-order valence-corrected chi connectivity index (χ1v) is 8.19. The largest absolute Gasteiger partial charge is 0.462 e. The Morgan fingerprint density at radius 1 is 1.15 bits per heavy atom. The summed E-state index contributed by atoms with van der Waals surface area (Å²) in [6.07, 6.45) is 1.48. The lowest BCUT2D eigenvalue weighted by Gasteiger charge is -2.08. The molecule has 3 rings (SSSR count). The van der Waals surface area contributed by atoms with Crippen molar-refractivity contribution in [2.24, 2.45) is 0 Å². The van der Waals surface area contributed by atoms with Crippen LogP contribution in [-0.4, -0.2) is 27.8 Å². The highest BCUT2D eigenvalue weighted by molar-refractivity contribution is 5.89. The predicted octanol–water partition coefficient (Wildman–Crippen LogP) is 3.41. The van der Waals surface area contributed by atoms with Gasteiger partial charge in [-0.25, -0.2) is 4.79 Å². The van der Waals surface area contributed by atoms with Gasteiger partial charge in [0.25, 0.3) is 0 Å². The zero-order valence-electron chi connectivity index (χ0n) is 14.5. The minimum absolute atomic E-state index is 0.290. The van der Waals surface area contributed by atoms with E-state index < -0.39 is 0 Å². The lowest BCUT2D eigenvalue weighted by molar-refractivity contribution is 0.0526. The molecule has 0 amide bonds. The van der Waals surface area contributed by atoms with Crippen LogP contribution in [0.3, 0.4) is 0 Å². The third-order valence-corrected chi connectivity index (χ3v) is 3.48. The molecule has 0 aliphatic carbocycles. The number of hydrogen-bond acceptors (Lipinski definition) is 8. The topological polar surface area (TPSA) is 113 Å². The number of nitrogens with zero attached hydrogens (tertiary/aromatic N) is 4. The highest BCUT2D eigenvalue weighted by atomic mass is 16.5. The van der Waals surface area contributed by atoms with Crippen LogP contribution in [0.1, 0.15) is 22.8 Å². The van der Waals surface area contributed by atoms with Gasteiger partial charge in [0.2, 0.25) is 5.95 Å². The molecule has 1 aromatic heterocycles. The van der Waals surface area contributed by atoms with Crippen LogP contribution in [0.15, 0.2) is 54.7 Å². The van der Waals surface area contributed by atoms with Crippen LogP contribution < -0.4 is 10.6 Å². The Labute approximate surface area is 155 Å². The van der Waals surface area contributed by atoms with Crippen molar-refractivity contribution in [1.29, 1.82) is 5.26 Å². The van der Waals surface area contributed by atoms with Crippen LogP contribution in [-0.2, 0) is 4.74 Å². The van der Waals surface area contributed by atoms with Gasteiger partial charge >= 0.3 is 5.97 Å². The number of nitriles is 1. The molecule has 8 heteroatoms. The van der Waals surface area contributed by atoms with Crippen LogP contribution in [0, 0.1) is 11.3 Å². The van der Waals surface area contributed by atoms with Crippen molar-refractivity contribution in [3.05, 3.63) is 65.9 Å². The molecule has 0 aliphatic rings. The van der Waals surface area contributed by atoms with E-state index in [-0.39, 0.29) is 5.97 Å². The third-order valence-electron chi connectivity index (χ3n) is 3.48.